The molecule has 1 unspecified atom stereocenters. The number of sulfonamides is 1. The standard InChI is InChI=1S/C36H47FN6O7S2/c37-28-13-8-9-22-19-42(21-27(22)28)35(47)50-25-17-30-31(44)40-36(33(46)41-52(48,49)26-15-16-26)18-23(36)10-4-2-1-3-5-14-29(32(45)43(30)20-25)39-34(51)38-24-11-6-7-12-24/h4,8-10,13,23-26,29-30H,1-3,5-7,11-12,14-21H2,(H,40,44)(H,41,46)(H2,38,39,51)/b10-4-/t23-,25?,29+,30+,36-/m1/s1. The number of rotatable bonds is 6. The van der Waals surface area contributed by atoms with Gasteiger partial charge in [0.05, 0.1) is 18.3 Å². The second-order valence-electron chi connectivity index (χ2n) is 15.1. The Morgan fingerprint density at radius 3 is 2.52 bits per heavy atom. The number of nitrogens with one attached hydrogen (secondary N) is 4. The molecule has 4 amide bonds. The van der Waals surface area contributed by atoms with Gasteiger partial charge in [-0.2, -0.15) is 0 Å². The van der Waals surface area contributed by atoms with Gasteiger partial charge in [-0.25, -0.2) is 17.6 Å². The maximum absolute atomic E-state index is 14.5. The SMILES string of the molecule is O=C1N[C@]2(C(=O)NS(=O)(=O)C3CC3)C[C@H]2/C=C\CCCCC[C@H](NC(=S)NC2CCCC2)C(=O)N2CC(OC(=O)N3Cc4cccc(F)c4C3)C[C@@H]12. The third-order valence-electron chi connectivity index (χ3n) is 11.3. The van der Waals surface area contributed by atoms with E-state index in [0.29, 0.717) is 41.9 Å². The van der Waals surface area contributed by atoms with Gasteiger partial charge >= 0.3 is 6.09 Å². The Bertz CT molecular complexity index is 1750. The molecular weight excluding hydrogens is 712 g/mol. The third kappa shape index (κ3) is 7.92. The van der Waals surface area contributed by atoms with Crippen molar-refractivity contribution in [1.82, 2.24) is 30.5 Å². The molecule has 4 fully saturated rings. The van der Waals surface area contributed by atoms with Crippen LogP contribution in [-0.4, -0.2) is 88.7 Å². The van der Waals surface area contributed by atoms with Gasteiger partial charge in [0.25, 0.3) is 5.91 Å². The number of amides is 4. The number of benzene rings is 1. The molecule has 0 radical (unpaired) electrons. The summed E-state index contributed by atoms with van der Waals surface area (Å²) in [5.41, 5.74) is -0.402. The Morgan fingerprint density at radius 1 is 1.00 bits per heavy atom. The molecule has 3 aliphatic heterocycles. The van der Waals surface area contributed by atoms with Gasteiger partial charge < -0.3 is 25.6 Å². The average Bonchev–Trinajstić information content (AvgIpc) is 3.88. The molecule has 52 heavy (non-hydrogen) atoms. The summed E-state index contributed by atoms with van der Waals surface area (Å²) in [5.74, 6) is -2.66. The van der Waals surface area contributed by atoms with Crippen LogP contribution in [0.25, 0.3) is 0 Å². The van der Waals surface area contributed by atoms with Crippen molar-refractivity contribution in [2.45, 2.75) is 132 Å². The van der Waals surface area contributed by atoms with Crippen molar-refractivity contribution in [3.8, 4) is 0 Å². The van der Waals surface area contributed by atoms with Crippen LogP contribution in [0.4, 0.5) is 9.18 Å². The van der Waals surface area contributed by atoms with Crippen LogP contribution < -0.4 is 20.7 Å². The first-order valence-electron chi connectivity index (χ1n) is 18.6. The summed E-state index contributed by atoms with van der Waals surface area (Å²) in [7, 11) is -3.89. The van der Waals surface area contributed by atoms with E-state index in [1.807, 2.05) is 12.2 Å². The fraction of sp³-hybridized carbons (Fsp3) is 0.639. The number of hydrogen-bond acceptors (Lipinski definition) is 8. The van der Waals surface area contributed by atoms with E-state index in [9.17, 15) is 32.0 Å². The van der Waals surface area contributed by atoms with Crippen molar-refractivity contribution in [1.29, 1.82) is 0 Å². The fourth-order valence-electron chi connectivity index (χ4n) is 8.03. The van der Waals surface area contributed by atoms with Gasteiger partial charge in [0.1, 0.15) is 29.5 Å². The van der Waals surface area contributed by atoms with Crippen LogP contribution in [0.1, 0.15) is 94.6 Å². The zero-order valence-electron chi connectivity index (χ0n) is 29.1. The monoisotopic (exact) mass is 758 g/mol. The van der Waals surface area contributed by atoms with E-state index in [4.69, 9.17) is 17.0 Å². The van der Waals surface area contributed by atoms with Crippen molar-refractivity contribution in [3.05, 3.63) is 47.3 Å². The third-order valence-corrected chi connectivity index (χ3v) is 13.3. The van der Waals surface area contributed by atoms with Crippen LogP contribution >= 0.6 is 12.2 Å². The molecule has 1 aromatic carbocycles. The number of allylic oxidation sites excluding steroid dienone is 1. The lowest BCUT2D eigenvalue weighted by molar-refractivity contribution is -0.141. The topological polar surface area (TPSA) is 166 Å². The molecule has 13 nitrogen and oxygen atoms in total. The summed E-state index contributed by atoms with van der Waals surface area (Å²) < 4.78 is 48.1. The van der Waals surface area contributed by atoms with E-state index in [0.717, 1.165) is 44.9 Å². The normalized spacial score (nSPS) is 30.2. The lowest BCUT2D eigenvalue weighted by Gasteiger charge is -2.30. The van der Waals surface area contributed by atoms with Crippen LogP contribution in [0.2, 0.25) is 0 Å². The van der Waals surface area contributed by atoms with Gasteiger partial charge in [-0.15, -0.1) is 0 Å². The molecule has 0 bridgehead atoms. The zero-order chi connectivity index (χ0) is 36.6. The summed E-state index contributed by atoms with van der Waals surface area (Å²) >= 11 is 5.65. The number of fused-ring (bicyclic) bond motifs is 3. The lowest BCUT2D eigenvalue weighted by atomic mass is 10.0. The quantitative estimate of drug-likeness (QED) is 0.250. The summed E-state index contributed by atoms with van der Waals surface area (Å²) in [6, 6.07) is 3.01. The smallest absolute Gasteiger partial charge is 0.410 e. The largest absolute Gasteiger partial charge is 0.444 e. The summed E-state index contributed by atoms with van der Waals surface area (Å²) in [5, 5.41) is 9.13. The highest BCUT2D eigenvalue weighted by Gasteiger charge is 2.62. The van der Waals surface area contributed by atoms with Gasteiger partial charge in [0.2, 0.25) is 21.8 Å². The summed E-state index contributed by atoms with van der Waals surface area (Å²) in [6.45, 7) is 0.115. The molecule has 5 atom stereocenters. The van der Waals surface area contributed by atoms with Crippen molar-refractivity contribution in [3.63, 3.8) is 0 Å². The molecule has 282 valence electrons. The van der Waals surface area contributed by atoms with E-state index in [-0.39, 0.29) is 44.4 Å². The van der Waals surface area contributed by atoms with E-state index < -0.39 is 68.6 Å². The van der Waals surface area contributed by atoms with Crippen molar-refractivity contribution in [2.75, 3.05) is 6.54 Å². The molecule has 3 saturated carbocycles. The molecule has 1 aromatic rings. The number of nitrogens with zero attached hydrogens (tertiary/aromatic N) is 2. The van der Waals surface area contributed by atoms with Crippen LogP contribution in [0.5, 0.6) is 0 Å². The number of hydrogen-bond donors (Lipinski definition) is 4. The highest BCUT2D eigenvalue weighted by molar-refractivity contribution is 7.91. The van der Waals surface area contributed by atoms with Gasteiger partial charge in [-0.3, -0.25) is 24.0 Å². The maximum atomic E-state index is 14.5. The molecular formula is C36H47FN6O7S2. The van der Waals surface area contributed by atoms with Crippen molar-refractivity contribution >= 4 is 51.2 Å². The molecule has 0 spiro atoms. The molecule has 3 heterocycles. The van der Waals surface area contributed by atoms with E-state index in [2.05, 4.69) is 20.7 Å². The Labute approximate surface area is 308 Å². The van der Waals surface area contributed by atoms with Gasteiger partial charge in [0, 0.05) is 30.5 Å². The van der Waals surface area contributed by atoms with Crippen LogP contribution in [-0.2, 0) is 42.2 Å². The first-order valence-corrected chi connectivity index (χ1v) is 20.5. The first-order chi connectivity index (χ1) is 24.9. The van der Waals surface area contributed by atoms with E-state index in [1.54, 1.807) is 12.1 Å². The lowest BCUT2D eigenvalue weighted by Crippen LogP contribution is -2.59. The zero-order valence-corrected chi connectivity index (χ0v) is 30.7. The van der Waals surface area contributed by atoms with Crippen molar-refractivity contribution in [2.24, 2.45) is 5.92 Å². The number of ether oxygens (including phenoxy) is 1. The number of carbonyl (C=O) groups excluding carboxylic acids is 4. The molecule has 6 aliphatic rings. The van der Waals surface area contributed by atoms with Crippen LogP contribution in [0.3, 0.4) is 0 Å². The Balaban J connectivity index is 1.12. The Morgan fingerprint density at radius 2 is 1.77 bits per heavy atom. The minimum absolute atomic E-state index is 0.0356. The Kier molecular flexibility index (Phi) is 10.5. The highest BCUT2D eigenvalue weighted by Crippen LogP contribution is 2.46. The van der Waals surface area contributed by atoms with Gasteiger partial charge in [0.15, 0.2) is 5.11 Å². The molecule has 4 N–H and O–H groups in total. The summed E-state index contributed by atoms with van der Waals surface area (Å²) in [4.78, 5) is 58.5. The number of carbonyl (C=O) groups is 4. The van der Waals surface area contributed by atoms with E-state index in [1.165, 1.54) is 15.9 Å². The molecule has 7 rings (SSSR count). The second-order valence-corrected chi connectivity index (χ2v) is 17.5. The number of thiocarbonyl (C=S) groups is 1. The highest BCUT2D eigenvalue weighted by atomic mass is 32.2. The second kappa shape index (κ2) is 14.9. The predicted octanol–water partition coefficient (Wildman–Crippen LogP) is 3.03. The van der Waals surface area contributed by atoms with Crippen LogP contribution in [0.15, 0.2) is 30.4 Å². The fourth-order valence-corrected chi connectivity index (χ4v) is 9.70. The maximum Gasteiger partial charge on any atom is 0.410 e. The first kappa shape index (κ1) is 36.6. The molecule has 3 aliphatic carbocycles. The predicted molar refractivity (Wildman–Crippen MR) is 192 cm³/mol. The summed E-state index contributed by atoms with van der Waals surface area (Å²) in [6.07, 6.45) is 11.1. The molecule has 16 heteroatoms. The van der Waals surface area contributed by atoms with Gasteiger partial charge in [-0.1, -0.05) is 50.0 Å². The Hall–Kier alpha value is -3.79. The van der Waals surface area contributed by atoms with Crippen molar-refractivity contribution < 1.29 is 36.7 Å². The van der Waals surface area contributed by atoms with Gasteiger partial charge in [-0.05, 0) is 75.2 Å². The van der Waals surface area contributed by atoms with E-state index >= 15 is 0 Å². The minimum atomic E-state index is -3.89. The average molecular weight is 759 g/mol. The molecule has 1 saturated heterocycles. The molecule has 0 aromatic heterocycles. The number of halogens is 1. The van der Waals surface area contributed by atoms with Crippen LogP contribution in [0, 0.1) is 11.7 Å². The minimum Gasteiger partial charge on any atom is -0.444 e.